The monoisotopic (exact) mass is 277 g/mol. The van der Waals surface area contributed by atoms with Gasteiger partial charge < -0.3 is 15.5 Å². The average Bonchev–Trinajstić information content (AvgIpc) is 2.94. The van der Waals surface area contributed by atoms with Crippen molar-refractivity contribution < 1.29 is 9.21 Å². The summed E-state index contributed by atoms with van der Waals surface area (Å²) in [5.41, 5.74) is 7.34. The number of nitrogens with zero attached hydrogens (tertiary/aromatic N) is 3. The van der Waals surface area contributed by atoms with Crippen molar-refractivity contribution in [1.82, 2.24) is 20.1 Å². The highest BCUT2D eigenvalue weighted by molar-refractivity contribution is 5.98. The van der Waals surface area contributed by atoms with Crippen LogP contribution in [0.1, 0.15) is 47.7 Å². The summed E-state index contributed by atoms with van der Waals surface area (Å²) >= 11 is 0. The third kappa shape index (κ3) is 2.52. The van der Waals surface area contributed by atoms with Gasteiger partial charge in [-0.15, -0.1) is 0 Å². The van der Waals surface area contributed by atoms with Gasteiger partial charge in [0, 0.05) is 6.54 Å². The molecule has 0 aliphatic heterocycles. The first kappa shape index (κ1) is 14.1. The number of aryl methyl sites for hydroxylation is 3. The Morgan fingerprint density at radius 1 is 1.55 bits per heavy atom. The number of anilines is 1. The lowest BCUT2D eigenvalue weighted by atomic mass is 10.2. The highest BCUT2D eigenvalue weighted by atomic mass is 16.4. The van der Waals surface area contributed by atoms with Crippen molar-refractivity contribution in [3.05, 3.63) is 29.2 Å². The van der Waals surface area contributed by atoms with Crippen molar-refractivity contribution in [2.24, 2.45) is 0 Å². The van der Waals surface area contributed by atoms with E-state index < -0.39 is 0 Å². The maximum atomic E-state index is 12.3. The van der Waals surface area contributed by atoms with Crippen LogP contribution in [0.4, 0.5) is 5.69 Å². The van der Waals surface area contributed by atoms with Gasteiger partial charge in [-0.3, -0.25) is 9.48 Å². The minimum Gasteiger partial charge on any atom is -0.444 e. The first-order chi connectivity index (χ1) is 9.43. The van der Waals surface area contributed by atoms with Crippen LogP contribution in [0, 0.1) is 13.8 Å². The first-order valence-electron chi connectivity index (χ1n) is 6.50. The van der Waals surface area contributed by atoms with E-state index >= 15 is 0 Å². The van der Waals surface area contributed by atoms with Gasteiger partial charge in [0.1, 0.15) is 17.5 Å². The molecule has 0 saturated carbocycles. The Balaban J connectivity index is 2.20. The second kappa shape index (κ2) is 5.36. The predicted octanol–water partition coefficient (Wildman–Crippen LogP) is 1.58. The smallest absolute Gasteiger partial charge is 0.272 e. The minimum absolute atomic E-state index is 0.284. The highest BCUT2D eigenvalue weighted by Crippen LogP contribution is 2.18. The van der Waals surface area contributed by atoms with Crippen LogP contribution < -0.4 is 11.1 Å². The average molecular weight is 277 g/mol. The van der Waals surface area contributed by atoms with Crippen LogP contribution in [0.2, 0.25) is 0 Å². The molecular weight excluding hydrogens is 258 g/mol. The summed E-state index contributed by atoms with van der Waals surface area (Å²) in [7, 11) is 0. The molecule has 0 aliphatic rings. The molecule has 2 aromatic rings. The third-order valence-corrected chi connectivity index (χ3v) is 3.05. The number of hydrogen-bond donors (Lipinski definition) is 2. The van der Waals surface area contributed by atoms with Gasteiger partial charge in [0.25, 0.3) is 5.91 Å². The zero-order valence-corrected chi connectivity index (χ0v) is 12.1. The second-order valence-corrected chi connectivity index (χ2v) is 4.67. The van der Waals surface area contributed by atoms with E-state index in [1.54, 1.807) is 31.6 Å². The summed E-state index contributed by atoms with van der Waals surface area (Å²) in [4.78, 5) is 16.4. The van der Waals surface area contributed by atoms with E-state index in [0.29, 0.717) is 35.3 Å². The summed E-state index contributed by atoms with van der Waals surface area (Å²) < 4.78 is 6.99. The molecule has 2 rings (SSSR count). The van der Waals surface area contributed by atoms with Crippen molar-refractivity contribution in [3.8, 4) is 0 Å². The number of oxazole rings is 1. The van der Waals surface area contributed by atoms with Gasteiger partial charge in [0.05, 0.1) is 17.6 Å². The van der Waals surface area contributed by atoms with Gasteiger partial charge in [-0.05, 0) is 27.7 Å². The van der Waals surface area contributed by atoms with Crippen molar-refractivity contribution in [3.63, 3.8) is 0 Å². The molecule has 3 N–H and O–H groups in total. The fourth-order valence-corrected chi connectivity index (χ4v) is 1.96. The van der Waals surface area contributed by atoms with Crippen molar-refractivity contribution in [2.45, 2.75) is 40.3 Å². The Morgan fingerprint density at radius 3 is 2.80 bits per heavy atom. The summed E-state index contributed by atoms with van der Waals surface area (Å²) in [6.07, 6.45) is 1.62. The molecule has 0 saturated heterocycles. The van der Waals surface area contributed by atoms with Gasteiger partial charge >= 0.3 is 0 Å². The minimum atomic E-state index is -0.337. The molecule has 0 aromatic carbocycles. The second-order valence-electron chi connectivity index (χ2n) is 4.67. The topological polar surface area (TPSA) is 99.0 Å². The van der Waals surface area contributed by atoms with Gasteiger partial charge in [-0.25, -0.2) is 4.98 Å². The molecule has 7 nitrogen and oxygen atoms in total. The molecule has 1 amide bonds. The van der Waals surface area contributed by atoms with Crippen LogP contribution in [0.25, 0.3) is 0 Å². The molecule has 7 heteroatoms. The molecule has 2 heterocycles. The summed E-state index contributed by atoms with van der Waals surface area (Å²) in [5, 5.41) is 7.04. The van der Waals surface area contributed by atoms with Crippen LogP contribution in [0.5, 0.6) is 0 Å². The number of nitrogens with two attached hydrogens (primary N) is 1. The van der Waals surface area contributed by atoms with E-state index in [1.807, 2.05) is 6.92 Å². The molecule has 0 spiro atoms. The highest BCUT2D eigenvalue weighted by Gasteiger charge is 2.22. The molecule has 2 aromatic heterocycles. The van der Waals surface area contributed by atoms with Gasteiger partial charge in [0.2, 0.25) is 5.89 Å². The number of hydrogen-bond acceptors (Lipinski definition) is 5. The molecule has 0 fully saturated rings. The maximum absolute atomic E-state index is 12.3. The molecule has 0 aliphatic carbocycles. The van der Waals surface area contributed by atoms with Crippen LogP contribution in [0.3, 0.4) is 0 Å². The van der Waals surface area contributed by atoms with Crippen molar-refractivity contribution in [1.29, 1.82) is 0 Å². The number of rotatable bonds is 4. The van der Waals surface area contributed by atoms with Crippen LogP contribution >= 0.6 is 0 Å². The number of nitrogens with one attached hydrogen (secondary N) is 1. The van der Waals surface area contributed by atoms with E-state index in [0.717, 1.165) is 0 Å². The van der Waals surface area contributed by atoms with E-state index in [-0.39, 0.29) is 11.9 Å². The lowest BCUT2D eigenvalue weighted by Crippen LogP contribution is -2.29. The van der Waals surface area contributed by atoms with E-state index in [4.69, 9.17) is 10.2 Å². The Morgan fingerprint density at radius 2 is 2.25 bits per heavy atom. The lowest BCUT2D eigenvalue weighted by molar-refractivity contribution is 0.0924. The Hall–Kier alpha value is -2.31. The molecular formula is C13H19N5O2. The summed E-state index contributed by atoms with van der Waals surface area (Å²) in [5.74, 6) is 0.886. The molecule has 0 bridgehead atoms. The van der Waals surface area contributed by atoms with Gasteiger partial charge in [-0.1, -0.05) is 0 Å². The quantitative estimate of drug-likeness (QED) is 0.884. The number of amides is 1. The van der Waals surface area contributed by atoms with Crippen LogP contribution in [0.15, 0.2) is 10.6 Å². The Labute approximate surface area is 117 Å². The van der Waals surface area contributed by atoms with Gasteiger partial charge in [0.15, 0.2) is 0 Å². The van der Waals surface area contributed by atoms with E-state index in [1.165, 1.54) is 0 Å². The SMILES string of the molecule is CCn1nc(C)c(N)c1C(=O)NC(C)c1ncc(C)o1. The largest absolute Gasteiger partial charge is 0.444 e. The fraction of sp³-hybridized carbons (Fsp3) is 0.462. The van der Waals surface area contributed by atoms with Gasteiger partial charge in [-0.2, -0.15) is 5.10 Å². The Bertz CT molecular complexity index is 629. The van der Waals surface area contributed by atoms with Crippen LogP contribution in [-0.4, -0.2) is 20.7 Å². The number of aromatic nitrogens is 3. The zero-order chi connectivity index (χ0) is 14.9. The van der Waals surface area contributed by atoms with E-state index in [2.05, 4.69) is 15.4 Å². The van der Waals surface area contributed by atoms with E-state index in [9.17, 15) is 4.79 Å². The van der Waals surface area contributed by atoms with Crippen LogP contribution in [-0.2, 0) is 6.54 Å². The van der Waals surface area contributed by atoms with Crippen molar-refractivity contribution in [2.75, 3.05) is 5.73 Å². The molecule has 0 radical (unpaired) electrons. The summed E-state index contributed by atoms with van der Waals surface area (Å²) in [6, 6.07) is -0.337. The lowest BCUT2D eigenvalue weighted by Gasteiger charge is -2.11. The maximum Gasteiger partial charge on any atom is 0.272 e. The summed E-state index contributed by atoms with van der Waals surface area (Å²) in [6.45, 7) is 7.87. The predicted molar refractivity (Wildman–Crippen MR) is 74.2 cm³/mol. The molecule has 20 heavy (non-hydrogen) atoms. The number of carbonyl (C=O) groups is 1. The standard InChI is InChI=1S/C13H19N5O2/c1-5-18-11(10(14)8(3)17-18)12(19)16-9(4)13-15-6-7(2)20-13/h6,9H,5,14H2,1-4H3,(H,16,19). The molecule has 1 unspecified atom stereocenters. The Kier molecular flexibility index (Phi) is 3.78. The number of carbonyl (C=O) groups excluding carboxylic acids is 1. The number of nitrogen functional groups attached to an aromatic ring is 1. The zero-order valence-electron chi connectivity index (χ0n) is 12.1. The fourth-order valence-electron chi connectivity index (χ4n) is 1.96. The molecule has 1 atom stereocenters. The third-order valence-electron chi connectivity index (χ3n) is 3.05. The van der Waals surface area contributed by atoms with Crippen molar-refractivity contribution >= 4 is 11.6 Å². The normalized spacial score (nSPS) is 12.4. The molecule has 108 valence electrons. The first-order valence-corrected chi connectivity index (χ1v) is 6.50.